The lowest BCUT2D eigenvalue weighted by molar-refractivity contribution is 1.15. The maximum atomic E-state index is 9.76. The smallest absolute Gasteiger partial charge is 0.0998 e. The minimum Gasteiger partial charge on any atom is -0.309 e. The zero-order valence-corrected chi connectivity index (χ0v) is 17.2. The van der Waals surface area contributed by atoms with Crippen LogP contribution in [0.2, 0.25) is 0 Å². The number of benzene rings is 3. The molecule has 5 rings (SSSR count). The molecule has 0 radical (unpaired) electrons. The van der Waals surface area contributed by atoms with Gasteiger partial charge in [-0.2, -0.15) is 15.8 Å². The first-order valence-corrected chi connectivity index (χ1v) is 9.98. The Bertz CT molecular complexity index is 1580. The molecule has 0 unspecified atom stereocenters. The fourth-order valence-electron chi connectivity index (χ4n) is 4.22. The first-order chi connectivity index (χ1) is 15.6. The van der Waals surface area contributed by atoms with Crippen molar-refractivity contribution in [2.24, 2.45) is 0 Å². The Morgan fingerprint density at radius 2 is 1.31 bits per heavy atom. The zero-order valence-electron chi connectivity index (χ0n) is 17.2. The molecular formula is C27H15N5. The van der Waals surface area contributed by atoms with Crippen LogP contribution in [0.25, 0.3) is 38.6 Å². The molecule has 0 N–H and O–H groups in total. The summed E-state index contributed by atoms with van der Waals surface area (Å²) in [6, 6.07) is 25.6. The molecule has 5 heteroatoms. The molecule has 2 heterocycles. The van der Waals surface area contributed by atoms with E-state index in [4.69, 9.17) is 0 Å². The van der Waals surface area contributed by atoms with E-state index < -0.39 is 0 Å². The van der Waals surface area contributed by atoms with Crippen molar-refractivity contribution in [1.82, 2.24) is 9.55 Å². The Balaban J connectivity index is 1.93. The minimum atomic E-state index is 0.558. The van der Waals surface area contributed by atoms with Crippen LogP contribution in [0.5, 0.6) is 0 Å². The number of rotatable bonds is 2. The monoisotopic (exact) mass is 409 g/mol. The molecule has 5 nitrogen and oxygen atoms in total. The minimum absolute atomic E-state index is 0.558. The summed E-state index contributed by atoms with van der Waals surface area (Å²) in [4.78, 5) is 4.09. The molecule has 3 aromatic carbocycles. The quantitative estimate of drug-likeness (QED) is 0.370. The molecule has 0 aliphatic heterocycles. The molecule has 0 atom stereocenters. The predicted molar refractivity (Wildman–Crippen MR) is 123 cm³/mol. The van der Waals surface area contributed by atoms with Crippen molar-refractivity contribution >= 4 is 21.8 Å². The maximum absolute atomic E-state index is 9.76. The fourth-order valence-corrected chi connectivity index (χ4v) is 4.22. The maximum Gasteiger partial charge on any atom is 0.0998 e. The average Bonchev–Trinajstić information content (AvgIpc) is 3.16. The van der Waals surface area contributed by atoms with E-state index in [1.165, 1.54) is 0 Å². The van der Waals surface area contributed by atoms with Crippen LogP contribution in [0.1, 0.15) is 22.3 Å². The number of pyridine rings is 1. The van der Waals surface area contributed by atoms with Crippen LogP contribution < -0.4 is 0 Å². The lowest BCUT2D eigenvalue weighted by Crippen LogP contribution is -2.00. The first kappa shape index (κ1) is 19.1. The number of nitriles is 3. The highest BCUT2D eigenvalue weighted by Gasteiger charge is 2.17. The summed E-state index contributed by atoms with van der Waals surface area (Å²) in [7, 11) is 0. The summed E-state index contributed by atoms with van der Waals surface area (Å²) in [5.41, 5.74) is 6.96. The Morgan fingerprint density at radius 3 is 1.84 bits per heavy atom. The topological polar surface area (TPSA) is 89.2 Å². The molecule has 32 heavy (non-hydrogen) atoms. The van der Waals surface area contributed by atoms with Crippen molar-refractivity contribution in [2.75, 3.05) is 0 Å². The van der Waals surface area contributed by atoms with E-state index >= 15 is 0 Å². The van der Waals surface area contributed by atoms with Gasteiger partial charge in [0.1, 0.15) is 0 Å². The van der Waals surface area contributed by atoms with Crippen molar-refractivity contribution in [3.63, 3.8) is 0 Å². The lowest BCUT2D eigenvalue weighted by Gasteiger charge is -2.15. The van der Waals surface area contributed by atoms with Gasteiger partial charge in [-0.1, -0.05) is 12.1 Å². The van der Waals surface area contributed by atoms with Crippen molar-refractivity contribution in [2.45, 2.75) is 6.92 Å². The molecule has 0 saturated heterocycles. The van der Waals surface area contributed by atoms with Crippen molar-refractivity contribution in [3.05, 3.63) is 95.3 Å². The van der Waals surface area contributed by atoms with E-state index in [9.17, 15) is 15.8 Å². The van der Waals surface area contributed by atoms with Gasteiger partial charge in [-0.3, -0.25) is 4.98 Å². The van der Waals surface area contributed by atoms with Crippen LogP contribution in [-0.4, -0.2) is 9.55 Å². The van der Waals surface area contributed by atoms with E-state index in [2.05, 4.69) is 27.8 Å². The summed E-state index contributed by atoms with van der Waals surface area (Å²) < 4.78 is 2.08. The summed E-state index contributed by atoms with van der Waals surface area (Å²) in [6.45, 7) is 1.96. The molecule has 0 saturated carbocycles. The molecule has 0 aliphatic rings. The van der Waals surface area contributed by atoms with E-state index in [-0.39, 0.29) is 0 Å². The summed E-state index contributed by atoms with van der Waals surface area (Å²) in [5, 5.41) is 30.7. The standard InChI is InChI=1S/C27H15N5/c1-17-10-21(16-30)24(20-6-8-31-9-7-20)13-25(17)32-26-11-18(14-28)2-4-22(26)23-5-3-19(15-29)12-27(23)32/h2-13H,1H3. The van der Waals surface area contributed by atoms with Gasteiger partial charge in [0, 0.05) is 34.4 Å². The highest BCUT2D eigenvalue weighted by Crippen LogP contribution is 2.36. The molecule has 0 aliphatic carbocycles. The molecule has 0 spiro atoms. The highest BCUT2D eigenvalue weighted by molar-refractivity contribution is 6.10. The van der Waals surface area contributed by atoms with Gasteiger partial charge in [0.05, 0.1) is 45.9 Å². The van der Waals surface area contributed by atoms with Crippen LogP contribution in [-0.2, 0) is 0 Å². The van der Waals surface area contributed by atoms with Crippen LogP contribution in [0, 0.1) is 40.9 Å². The van der Waals surface area contributed by atoms with Crippen LogP contribution in [0.15, 0.2) is 73.1 Å². The molecule has 5 aromatic rings. The molecule has 0 bridgehead atoms. The van der Waals surface area contributed by atoms with Crippen LogP contribution >= 0.6 is 0 Å². The van der Waals surface area contributed by atoms with Crippen LogP contribution in [0.4, 0.5) is 0 Å². The van der Waals surface area contributed by atoms with Crippen molar-refractivity contribution in [1.29, 1.82) is 15.8 Å². The third-order valence-electron chi connectivity index (χ3n) is 5.71. The van der Waals surface area contributed by atoms with Gasteiger partial charge < -0.3 is 4.57 Å². The van der Waals surface area contributed by atoms with Gasteiger partial charge in [-0.05, 0) is 66.6 Å². The Hall–Kier alpha value is -4.92. The van der Waals surface area contributed by atoms with Gasteiger partial charge in [0.15, 0.2) is 0 Å². The Morgan fingerprint density at radius 1 is 0.719 bits per heavy atom. The second-order valence-corrected chi connectivity index (χ2v) is 7.55. The van der Waals surface area contributed by atoms with Gasteiger partial charge in [-0.15, -0.1) is 0 Å². The van der Waals surface area contributed by atoms with E-state index in [1.54, 1.807) is 24.5 Å². The third-order valence-corrected chi connectivity index (χ3v) is 5.71. The second kappa shape index (κ2) is 7.40. The molecule has 0 fully saturated rings. The number of fused-ring (bicyclic) bond motifs is 3. The predicted octanol–water partition coefficient (Wildman–Crippen LogP) is 5.77. The molecule has 0 amide bonds. The Kier molecular flexibility index (Phi) is 4.41. The highest BCUT2D eigenvalue weighted by atomic mass is 15.0. The van der Waals surface area contributed by atoms with Crippen molar-refractivity contribution < 1.29 is 0 Å². The second-order valence-electron chi connectivity index (χ2n) is 7.55. The number of hydrogen-bond acceptors (Lipinski definition) is 4. The molecular weight excluding hydrogens is 394 g/mol. The van der Waals surface area contributed by atoms with E-state index in [0.29, 0.717) is 16.7 Å². The third kappa shape index (κ3) is 2.88. The number of hydrogen-bond donors (Lipinski definition) is 0. The summed E-state index contributed by atoms with van der Waals surface area (Å²) >= 11 is 0. The van der Waals surface area contributed by atoms with Gasteiger partial charge >= 0.3 is 0 Å². The average molecular weight is 409 g/mol. The molecule has 2 aromatic heterocycles. The number of aryl methyl sites for hydroxylation is 1. The summed E-state index contributed by atoms with van der Waals surface area (Å²) in [6.07, 6.45) is 3.41. The normalized spacial score (nSPS) is 10.6. The fraction of sp³-hybridized carbons (Fsp3) is 0.0370. The number of nitrogens with zero attached hydrogens (tertiary/aromatic N) is 5. The van der Waals surface area contributed by atoms with Gasteiger partial charge in [0.2, 0.25) is 0 Å². The van der Waals surface area contributed by atoms with E-state index in [1.807, 2.05) is 55.5 Å². The number of aromatic nitrogens is 2. The van der Waals surface area contributed by atoms with Crippen molar-refractivity contribution in [3.8, 4) is 35.0 Å². The first-order valence-electron chi connectivity index (χ1n) is 9.98. The molecule has 148 valence electrons. The Labute approximate surface area is 184 Å². The zero-order chi connectivity index (χ0) is 22.2. The summed E-state index contributed by atoms with van der Waals surface area (Å²) in [5.74, 6) is 0. The lowest BCUT2D eigenvalue weighted by atomic mass is 9.97. The van der Waals surface area contributed by atoms with Crippen LogP contribution in [0.3, 0.4) is 0 Å². The largest absolute Gasteiger partial charge is 0.309 e. The van der Waals surface area contributed by atoms with Gasteiger partial charge in [0.25, 0.3) is 0 Å². The van der Waals surface area contributed by atoms with Gasteiger partial charge in [-0.25, -0.2) is 0 Å². The van der Waals surface area contributed by atoms with E-state index in [0.717, 1.165) is 44.2 Å². The SMILES string of the molecule is Cc1cc(C#N)c(-c2ccncc2)cc1-n1c2cc(C#N)ccc2c2ccc(C#N)cc21.